The second-order valence-corrected chi connectivity index (χ2v) is 6.97. The van der Waals surface area contributed by atoms with E-state index < -0.39 is 21.7 Å². The molecule has 0 fully saturated rings. The topological polar surface area (TPSA) is 75.6 Å². The largest absolute Gasteiger partial charge is 0.391 e. The van der Waals surface area contributed by atoms with Crippen LogP contribution in [0.1, 0.15) is 0 Å². The number of nitrogens with one attached hydrogen (secondary N) is 1. The van der Waals surface area contributed by atoms with Gasteiger partial charge < -0.3 is 15.2 Å². The summed E-state index contributed by atoms with van der Waals surface area (Å²) >= 11 is 11.7. The van der Waals surface area contributed by atoms with Crippen molar-refractivity contribution in [2.24, 2.45) is 0 Å². The highest BCUT2D eigenvalue weighted by atomic mass is 35.5. The Morgan fingerprint density at radius 2 is 1.95 bits per heavy atom. The molecule has 0 radical (unpaired) electrons. The zero-order chi connectivity index (χ0) is 15.2. The number of hydrogen-bond acceptors (Lipinski definition) is 5. The van der Waals surface area contributed by atoms with E-state index >= 15 is 0 Å². The molecule has 0 amide bonds. The summed E-state index contributed by atoms with van der Waals surface area (Å²) in [5, 5.41) is 12.7. The molecule has 20 heavy (non-hydrogen) atoms. The van der Waals surface area contributed by atoms with Gasteiger partial charge in [-0.1, -0.05) is 29.3 Å². The van der Waals surface area contributed by atoms with Crippen molar-refractivity contribution in [3.05, 3.63) is 28.2 Å². The van der Waals surface area contributed by atoms with E-state index in [0.717, 1.165) is 0 Å². The molecule has 0 aromatic heterocycles. The first-order valence-electron chi connectivity index (χ1n) is 5.93. The number of hydrogen-bond donors (Lipinski definition) is 2. The van der Waals surface area contributed by atoms with Crippen LogP contribution in [0.3, 0.4) is 0 Å². The highest BCUT2D eigenvalue weighted by Gasteiger charge is 2.24. The Balaban J connectivity index is 2.70. The van der Waals surface area contributed by atoms with Gasteiger partial charge in [0.15, 0.2) is 9.84 Å². The Morgan fingerprint density at radius 3 is 2.50 bits per heavy atom. The van der Waals surface area contributed by atoms with E-state index in [1.807, 2.05) is 0 Å². The third kappa shape index (κ3) is 5.20. The summed E-state index contributed by atoms with van der Waals surface area (Å²) in [5.74, 6) is -0.448. The number of ether oxygens (including phenoxy) is 1. The Kier molecular flexibility index (Phi) is 7.22. The maximum absolute atomic E-state index is 12.2. The lowest BCUT2D eigenvalue weighted by Crippen LogP contribution is -2.34. The molecule has 0 aliphatic rings. The number of aliphatic hydroxyl groups is 1. The van der Waals surface area contributed by atoms with Gasteiger partial charge in [-0.05, 0) is 12.1 Å². The average molecular weight is 342 g/mol. The summed E-state index contributed by atoms with van der Waals surface area (Å²) in [7, 11) is -2.19. The lowest BCUT2D eigenvalue weighted by molar-refractivity contribution is 0.174. The number of sulfone groups is 1. The number of benzene rings is 1. The zero-order valence-corrected chi connectivity index (χ0v) is 13.3. The van der Waals surface area contributed by atoms with Gasteiger partial charge in [-0.2, -0.15) is 0 Å². The van der Waals surface area contributed by atoms with Crippen LogP contribution in [0.15, 0.2) is 23.1 Å². The van der Waals surface area contributed by atoms with Gasteiger partial charge in [-0.3, -0.25) is 0 Å². The number of rotatable bonds is 8. The second kappa shape index (κ2) is 8.17. The maximum atomic E-state index is 12.2. The quantitative estimate of drug-likeness (QED) is 0.698. The molecule has 0 aliphatic carbocycles. The highest BCUT2D eigenvalue weighted by molar-refractivity contribution is 7.91. The molecule has 8 heteroatoms. The molecule has 114 valence electrons. The van der Waals surface area contributed by atoms with Crippen LogP contribution in [-0.4, -0.2) is 52.2 Å². The molecule has 5 nitrogen and oxygen atoms in total. The fourth-order valence-electron chi connectivity index (χ4n) is 1.62. The molecule has 2 N–H and O–H groups in total. The summed E-state index contributed by atoms with van der Waals surface area (Å²) < 4.78 is 29.2. The molecule has 1 unspecified atom stereocenters. The molecule has 1 aromatic carbocycles. The molecule has 0 bridgehead atoms. The minimum absolute atomic E-state index is 0.0528. The zero-order valence-electron chi connectivity index (χ0n) is 11.0. The van der Waals surface area contributed by atoms with Gasteiger partial charge in [0.2, 0.25) is 0 Å². The number of aliphatic hydroxyl groups excluding tert-OH is 1. The second-order valence-electron chi connectivity index (χ2n) is 4.18. The summed E-state index contributed by atoms with van der Waals surface area (Å²) in [5.41, 5.74) is 0. The van der Waals surface area contributed by atoms with Gasteiger partial charge in [0.05, 0.1) is 28.5 Å². The van der Waals surface area contributed by atoms with Crippen LogP contribution in [0.25, 0.3) is 0 Å². The maximum Gasteiger partial charge on any atom is 0.183 e. The first kappa shape index (κ1) is 17.7. The van der Waals surface area contributed by atoms with Crippen molar-refractivity contribution in [2.45, 2.75) is 11.0 Å². The molecule has 1 atom stereocenters. The summed E-state index contributed by atoms with van der Waals surface area (Å²) in [6.45, 7) is 1.15. The Bertz CT molecular complexity index is 516. The van der Waals surface area contributed by atoms with Crippen LogP contribution in [0.5, 0.6) is 0 Å². The van der Waals surface area contributed by atoms with Crippen LogP contribution in [0.4, 0.5) is 0 Å². The van der Waals surface area contributed by atoms with Gasteiger partial charge in [0.1, 0.15) is 4.90 Å². The van der Waals surface area contributed by atoms with E-state index in [2.05, 4.69) is 5.32 Å². The summed E-state index contributed by atoms with van der Waals surface area (Å²) in [4.78, 5) is -0.140. The summed E-state index contributed by atoms with van der Waals surface area (Å²) in [6.07, 6.45) is -1.05. The molecule has 0 saturated heterocycles. The molecule has 0 saturated carbocycles. The van der Waals surface area contributed by atoms with Gasteiger partial charge in [0.25, 0.3) is 0 Å². The van der Waals surface area contributed by atoms with Crippen molar-refractivity contribution in [3.8, 4) is 0 Å². The van der Waals surface area contributed by atoms with Gasteiger partial charge >= 0.3 is 0 Å². The molecule has 0 spiro atoms. The minimum atomic E-state index is -3.75. The molecular formula is C12H17Cl2NO4S. The van der Waals surface area contributed by atoms with Gasteiger partial charge in [-0.25, -0.2) is 8.42 Å². The van der Waals surface area contributed by atoms with Crippen molar-refractivity contribution in [1.29, 1.82) is 0 Å². The SMILES string of the molecule is COCCNCC(O)CS(=O)(=O)c1c(Cl)cccc1Cl. The van der Waals surface area contributed by atoms with E-state index in [1.165, 1.54) is 12.1 Å². The molecule has 0 heterocycles. The third-order valence-corrected chi connectivity index (χ3v) is 5.24. The van der Waals surface area contributed by atoms with Crippen LogP contribution >= 0.6 is 23.2 Å². The van der Waals surface area contributed by atoms with Crippen molar-refractivity contribution in [1.82, 2.24) is 5.32 Å². The van der Waals surface area contributed by atoms with Gasteiger partial charge in [0, 0.05) is 20.2 Å². The Labute approximate surface area is 128 Å². The van der Waals surface area contributed by atoms with Crippen LogP contribution in [-0.2, 0) is 14.6 Å². The van der Waals surface area contributed by atoms with E-state index in [1.54, 1.807) is 13.2 Å². The van der Waals surface area contributed by atoms with Crippen molar-refractivity contribution >= 4 is 33.0 Å². The Hall–Kier alpha value is -0.370. The summed E-state index contributed by atoms with van der Waals surface area (Å²) in [6, 6.07) is 4.46. The van der Waals surface area contributed by atoms with E-state index in [0.29, 0.717) is 13.2 Å². The molecule has 1 rings (SSSR count). The highest BCUT2D eigenvalue weighted by Crippen LogP contribution is 2.30. The monoisotopic (exact) mass is 341 g/mol. The van der Waals surface area contributed by atoms with Crippen LogP contribution < -0.4 is 5.32 Å². The van der Waals surface area contributed by atoms with E-state index in [9.17, 15) is 13.5 Å². The number of halogens is 2. The predicted octanol–water partition coefficient (Wildman–Crippen LogP) is 1.36. The van der Waals surface area contributed by atoms with Crippen LogP contribution in [0.2, 0.25) is 10.0 Å². The van der Waals surface area contributed by atoms with E-state index in [-0.39, 0.29) is 21.5 Å². The fraction of sp³-hybridized carbons (Fsp3) is 0.500. The first-order chi connectivity index (χ1) is 9.38. The standard InChI is InChI=1S/C12H17Cl2NO4S/c1-19-6-5-15-7-9(16)8-20(17,18)12-10(13)3-2-4-11(12)14/h2-4,9,15-16H,5-8H2,1H3. The van der Waals surface area contributed by atoms with Crippen LogP contribution in [0, 0.1) is 0 Å². The lowest BCUT2D eigenvalue weighted by atomic mass is 10.4. The number of methoxy groups -OCH3 is 1. The Morgan fingerprint density at radius 1 is 1.35 bits per heavy atom. The first-order valence-corrected chi connectivity index (χ1v) is 8.34. The average Bonchev–Trinajstić information content (AvgIpc) is 2.33. The lowest BCUT2D eigenvalue weighted by Gasteiger charge is -2.13. The minimum Gasteiger partial charge on any atom is -0.391 e. The van der Waals surface area contributed by atoms with Crippen molar-refractivity contribution in [2.75, 3.05) is 32.6 Å². The third-order valence-electron chi connectivity index (χ3n) is 2.50. The smallest absolute Gasteiger partial charge is 0.183 e. The predicted molar refractivity (Wildman–Crippen MR) is 79.3 cm³/mol. The normalized spacial score (nSPS) is 13.4. The van der Waals surface area contributed by atoms with Crippen molar-refractivity contribution < 1.29 is 18.3 Å². The van der Waals surface area contributed by atoms with E-state index in [4.69, 9.17) is 27.9 Å². The van der Waals surface area contributed by atoms with Crippen molar-refractivity contribution in [3.63, 3.8) is 0 Å². The van der Waals surface area contributed by atoms with Gasteiger partial charge in [-0.15, -0.1) is 0 Å². The molecule has 0 aliphatic heterocycles. The fourth-order valence-corrected chi connectivity index (χ4v) is 4.24. The molecular weight excluding hydrogens is 325 g/mol. The molecule has 1 aromatic rings.